The standard InChI is InChI=1S/C16H20Cl2N2O3/c1-9-5-11(15(21)22)8-20(7-9)16(23)19-10(2)13-6-12(17)3-4-14(13)18/h3-4,6,9-11H,5,7-8H2,1-2H3,(H,19,23)(H,21,22)/t9?,10-,11?/m0/s1. The van der Waals surface area contributed by atoms with Crippen LogP contribution in [0.4, 0.5) is 4.79 Å². The number of piperidine rings is 1. The molecule has 2 amide bonds. The largest absolute Gasteiger partial charge is 0.481 e. The van der Waals surface area contributed by atoms with Gasteiger partial charge in [0, 0.05) is 23.1 Å². The molecule has 0 aliphatic carbocycles. The highest BCUT2D eigenvalue weighted by atomic mass is 35.5. The van der Waals surface area contributed by atoms with Crippen molar-refractivity contribution in [2.75, 3.05) is 13.1 Å². The average Bonchev–Trinajstić information content (AvgIpc) is 2.48. The van der Waals surface area contributed by atoms with E-state index in [0.717, 1.165) is 5.56 Å². The van der Waals surface area contributed by atoms with Crippen LogP contribution >= 0.6 is 23.2 Å². The topological polar surface area (TPSA) is 69.6 Å². The Morgan fingerprint density at radius 2 is 2.04 bits per heavy atom. The van der Waals surface area contributed by atoms with Gasteiger partial charge in [0.05, 0.1) is 12.0 Å². The summed E-state index contributed by atoms with van der Waals surface area (Å²) in [6, 6.07) is 4.48. The first-order chi connectivity index (χ1) is 10.8. The van der Waals surface area contributed by atoms with Gasteiger partial charge < -0.3 is 15.3 Å². The quantitative estimate of drug-likeness (QED) is 0.862. The van der Waals surface area contributed by atoms with E-state index in [1.165, 1.54) is 0 Å². The first-order valence-corrected chi connectivity index (χ1v) is 8.26. The van der Waals surface area contributed by atoms with E-state index in [2.05, 4.69) is 5.32 Å². The van der Waals surface area contributed by atoms with Gasteiger partial charge in [-0.3, -0.25) is 4.79 Å². The second-order valence-electron chi connectivity index (χ2n) is 6.12. The number of benzene rings is 1. The average molecular weight is 359 g/mol. The maximum absolute atomic E-state index is 12.4. The molecule has 3 atom stereocenters. The number of aliphatic carboxylic acids is 1. The van der Waals surface area contributed by atoms with E-state index in [1.54, 1.807) is 23.1 Å². The van der Waals surface area contributed by atoms with E-state index in [-0.39, 0.29) is 24.5 Å². The Kier molecular flexibility index (Phi) is 5.76. The number of carbonyl (C=O) groups is 2. The fourth-order valence-electron chi connectivity index (χ4n) is 2.90. The Bertz CT molecular complexity index is 609. The highest BCUT2D eigenvalue weighted by molar-refractivity contribution is 6.33. The minimum Gasteiger partial charge on any atom is -0.481 e. The summed E-state index contributed by atoms with van der Waals surface area (Å²) in [6.07, 6.45) is 0.592. The van der Waals surface area contributed by atoms with Gasteiger partial charge in [0.2, 0.25) is 0 Å². The lowest BCUT2D eigenvalue weighted by Crippen LogP contribution is -2.49. The SMILES string of the molecule is CC1CC(C(=O)O)CN(C(=O)N[C@@H](C)c2cc(Cl)ccc2Cl)C1. The molecule has 1 saturated heterocycles. The van der Waals surface area contributed by atoms with Crippen LogP contribution in [-0.4, -0.2) is 35.1 Å². The number of carboxylic acid groups (broad SMARTS) is 1. The first kappa shape index (κ1) is 17.9. The van der Waals surface area contributed by atoms with Gasteiger partial charge in [-0.2, -0.15) is 0 Å². The second-order valence-corrected chi connectivity index (χ2v) is 6.96. The fraction of sp³-hybridized carbons (Fsp3) is 0.500. The summed E-state index contributed by atoms with van der Waals surface area (Å²) in [5.74, 6) is -1.23. The lowest BCUT2D eigenvalue weighted by atomic mass is 9.91. The third-order valence-electron chi connectivity index (χ3n) is 4.06. The van der Waals surface area contributed by atoms with E-state index in [1.807, 2.05) is 13.8 Å². The summed E-state index contributed by atoms with van der Waals surface area (Å²) in [7, 11) is 0. The number of amides is 2. The maximum Gasteiger partial charge on any atom is 0.317 e. The number of carboxylic acids is 1. The highest BCUT2D eigenvalue weighted by Gasteiger charge is 2.32. The predicted molar refractivity (Wildman–Crippen MR) is 89.9 cm³/mol. The zero-order chi connectivity index (χ0) is 17.1. The molecule has 0 radical (unpaired) electrons. The van der Waals surface area contributed by atoms with Crippen molar-refractivity contribution in [2.24, 2.45) is 11.8 Å². The van der Waals surface area contributed by atoms with Crippen molar-refractivity contribution >= 4 is 35.2 Å². The van der Waals surface area contributed by atoms with E-state index in [0.29, 0.717) is 23.0 Å². The summed E-state index contributed by atoms with van der Waals surface area (Å²) in [4.78, 5) is 25.2. The molecule has 2 N–H and O–H groups in total. The number of halogens is 2. The van der Waals surface area contributed by atoms with Gasteiger partial charge in [0.25, 0.3) is 0 Å². The van der Waals surface area contributed by atoms with Crippen LogP contribution in [-0.2, 0) is 4.79 Å². The highest BCUT2D eigenvalue weighted by Crippen LogP contribution is 2.27. The Morgan fingerprint density at radius 1 is 1.35 bits per heavy atom. The number of hydrogen-bond donors (Lipinski definition) is 2. The number of nitrogens with one attached hydrogen (secondary N) is 1. The Hall–Kier alpha value is -1.46. The normalized spacial score (nSPS) is 22.5. The zero-order valence-electron chi connectivity index (χ0n) is 13.1. The molecule has 0 spiro atoms. The van der Waals surface area contributed by atoms with Crippen molar-refractivity contribution in [3.63, 3.8) is 0 Å². The molecule has 2 unspecified atom stereocenters. The van der Waals surface area contributed by atoms with Crippen molar-refractivity contribution in [2.45, 2.75) is 26.3 Å². The summed E-state index contributed by atoms with van der Waals surface area (Å²) in [5.41, 5.74) is 0.729. The van der Waals surface area contributed by atoms with Crippen LogP contribution in [0.1, 0.15) is 31.9 Å². The number of urea groups is 1. The van der Waals surface area contributed by atoms with Crippen molar-refractivity contribution < 1.29 is 14.7 Å². The van der Waals surface area contributed by atoms with Crippen LogP contribution in [0.25, 0.3) is 0 Å². The number of hydrogen-bond acceptors (Lipinski definition) is 2. The van der Waals surface area contributed by atoms with Gasteiger partial charge in [-0.1, -0.05) is 30.1 Å². The van der Waals surface area contributed by atoms with E-state index >= 15 is 0 Å². The summed E-state index contributed by atoms with van der Waals surface area (Å²) < 4.78 is 0. The van der Waals surface area contributed by atoms with Crippen LogP contribution in [0.3, 0.4) is 0 Å². The second kappa shape index (κ2) is 7.41. The zero-order valence-corrected chi connectivity index (χ0v) is 14.6. The predicted octanol–water partition coefficient (Wildman–Crippen LogP) is 3.81. The molecule has 126 valence electrons. The van der Waals surface area contributed by atoms with Gasteiger partial charge in [-0.05, 0) is 43.0 Å². The molecule has 1 aromatic rings. The van der Waals surface area contributed by atoms with Crippen LogP contribution in [0.2, 0.25) is 10.0 Å². The van der Waals surface area contributed by atoms with Crippen molar-refractivity contribution in [3.05, 3.63) is 33.8 Å². The molecule has 1 aliphatic rings. The molecule has 1 aromatic carbocycles. The minimum absolute atomic E-state index is 0.153. The van der Waals surface area contributed by atoms with E-state index in [9.17, 15) is 14.7 Å². The maximum atomic E-state index is 12.4. The van der Waals surface area contributed by atoms with Crippen molar-refractivity contribution in [3.8, 4) is 0 Å². The molecule has 23 heavy (non-hydrogen) atoms. The molecule has 1 fully saturated rings. The summed E-state index contributed by atoms with van der Waals surface area (Å²) >= 11 is 12.1. The van der Waals surface area contributed by atoms with Gasteiger partial charge in [0.1, 0.15) is 0 Å². The molecular weight excluding hydrogens is 339 g/mol. The smallest absolute Gasteiger partial charge is 0.317 e. The Balaban J connectivity index is 2.05. The summed E-state index contributed by atoms with van der Waals surface area (Å²) in [5, 5.41) is 13.1. The van der Waals surface area contributed by atoms with E-state index in [4.69, 9.17) is 23.2 Å². The molecule has 5 nitrogen and oxygen atoms in total. The Morgan fingerprint density at radius 3 is 2.70 bits per heavy atom. The van der Waals surface area contributed by atoms with Gasteiger partial charge >= 0.3 is 12.0 Å². The van der Waals surface area contributed by atoms with Gasteiger partial charge in [-0.25, -0.2) is 4.79 Å². The molecule has 1 aliphatic heterocycles. The van der Waals surface area contributed by atoms with Crippen LogP contribution in [0.15, 0.2) is 18.2 Å². The molecular formula is C16H20Cl2N2O3. The van der Waals surface area contributed by atoms with Gasteiger partial charge in [0.15, 0.2) is 0 Å². The molecule has 2 rings (SSSR count). The van der Waals surface area contributed by atoms with Gasteiger partial charge in [-0.15, -0.1) is 0 Å². The fourth-order valence-corrected chi connectivity index (χ4v) is 3.36. The minimum atomic E-state index is -0.861. The Labute approximate surface area is 145 Å². The van der Waals surface area contributed by atoms with Crippen molar-refractivity contribution in [1.29, 1.82) is 0 Å². The lowest BCUT2D eigenvalue weighted by molar-refractivity contribution is -0.143. The summed E-state index contributed by atoms with van der Waals surface area (Å²) in [6.45, 7) is 4.54. The number of likely N-dealkylation sites (tertiary alicyclic amines) is 1. The van der Waals surface area contributed by atoms with Crippen LogP contribution in [0, 0.1) is 11.8 Å². The van der Waals surface area contributed by atoms with Crippen LogP contribution < -0.4 is 5.32 Å². The third-order valence-corrected chi connectivity index (χ3v) is 4.64. The molecule has 0 aromatic heterocycles. The first-order valence-electron chi connectivity index (χ1n) is 7.51. The molecule has 1 heterocycles. The third kappa shape index (κ3) is 4.52. The molecule has 0 bridgehead atoms. The molecule has 7 heteroatoms. The van der Waals surface area contributed by atoms with Crippen LogP contribution in [0.5, 0.6) is 0 Å². The number of nitrogens with zero attached hydrogens (tertiary/aromatic N) is 1. The number of rotatable bonds is 3. The monoisotopic (exact) mass is 358 g/mol. The van der Waals surface area contributed by atoms with Crippen molar-refractivity contribution in [1.82, 2.24) is 10.2 Å². The van der Waals surface area contributed by atoms with E-state index < -0.39 is 11.9 Å². The lowest BCUT2D eigenvalue weighted by Gasteiger charge is -2.35. The number of carbonyl (C=O) groups excluding carboxylic acids is 1. The molecule has 0 saturated carbocycles.